The standard InChI is InChI=1S/C12H18N4O3/c1-2-15-5-6-19-11(9-15)8-14-12-7-10(16(17)18)3-4-13-12/h3-4,7,11H,2,5-6,8-9H2,1H3,(H,13,14). The summed E-state index contributed by atoms with van der Waals surface area (Å²) in [6.07, 6.45) is 1.52. The van der Waals surface area contributed by atoms with Crippen molar-refractivity contribution in [3.05, 3.63) is 28.4 Å². The van der Waals surface area contributed by atoms with Crippen molar-refractivity contribution in [2.24, 2.45) is 0 Å². The van der Waals surface area contributed by atoms with Gasteiger partial charge in [0.15, 0.2) is 0 Å². The first-order valence-corrected chi connectivity index (χ1v) is 6.37. The SMILES string of the molecule is CCN1CCOC(CNc2cc([N+](=O)[O-])ccn2)C1. The quantitative estimate of drug-likeness (QED) is 0.635. The average Bonchev–Trinajstić information content (AvgIpc) is 2.45. The predicted octanol–water partition coefficient (Wildman–Crippen LogP) is 1.12. The molecule has 2 heterocycles. The molecule has 1 aromatic rings. The van der Waals surface area contributed by atoms with Crippen LogP contribution in [-0.4, -0.2) is 53.7 Å². The molecular formula is C12H18N4O3. The maximum Gasteiger partial charge on any atom is 0.274 e. The number of rotatable bonds is 5. The Bertz CT molecular complexity index is 441. The van der Waals surface area contributed by atoms with Gasteiger partial charge in [-0.15, -0.1) is 0 Å². The fourth-order valence-electron chi connectivity index (χ4n) is 2.04. The first kappa shape index (κ1) is 13.7. The van der Waals surface area contributed by atoms with Crippen molar-refractivity contribution >= 4 is 11.5 Å². The normalized spacial score (nSPS) is 20.2. The molecule has 0 aliphatic carbocycles. The number of ether oxygens (including phenoxy) is 1. The molecule has 0 radical (unpaired) electrons. The summed E-state index contributed by atoms with van der Waals surface area (Å²) in [6.45, 7) is 6.29. The van der Waals surface area contributed by atoms with Crippen LogP contribution in [0.5, 0.6) is 0 Å². The molecule has 1 saturated heterocycles. The second-order valence-electron chi connectivity index (χ2n) is 4.42. The van der Waals surface area contributed by atoms with Crippen molar-refractivity contribution in [1.82, 2.24) is 9.88 Å². The predicted molar refractivity (Wildman–Crippen MR) is 71.2 cm³/mol. The molecule has 1 unspecified atom stereocenters. The molecule has 0 saturated carbocycles. The molecule has 19 heavy (non-hydrogen) atoms. The third-order valence-electron chi connectivity index (χ3n) is 3.14. The Balaban J connectivity index is 1.88. The largest absolute Gasteiger partial charge is 0.374 e. The van der Waals surface area contributed by atoms with E-state index in [1.165, 1.54) is 18.3 Å². The number of nitrogens with zero attached hydrogens (tertiary/aromatic N) is 3. The number of hydrogen-bond acceptors (Lipinski definition) is 6. The highest BCUT2D eigenvalue weighted by Gasteiger charge is 2.19. The summed E-state index contributed by atoms with van der Waals surface area (Å²) in [6, 6.07) is 2.81. The van der Waals surface area contributed by atoms with E-state index in [4.69, 9.17) is 4.74 Å². The van der Waals surface area contributed by atoms with Gasteiger partial charge in [0.05, 0.1) is 23.7 Å². The molecule has 1 aromatic heterocycles. The van der Waals surface area contributed by atoms with E-state index in [2.05, 4.69) is 22.1 Å². The molecule has 7 nitrogen and oxygen atoms in total. The van der Waals surface area contributed by atoms with Crippen LogP contribution in [0, 0.1) is 10.1 Å². The van der Waals surface area contributed by atoms with E-state index in [9.17, 15) is 10.1 Å². The number of pyridine rings is 1. The molecule has 0 bridgehead atoms. The van der Waals surface area contributed by atoms with Gasteiger partial charge in [0.2, 0.25) is 0 Å². The van der Waals surface area contributed by atoms with Crippen molar-refractivity contribution in [2.45, 2.75) is 13.0 Å². The molecule has 0 amide bonds. The second kappa shape index (κ2) is 6.44. The van der Waals surface area contributed by atoms with E-state index < -0.39 is 4.92 Å². The molecule has 1 atom stereocenters. The van der Waals surface area contributed by atoms with Gasteiger partial charge in [0.25, 0.3) is 5.69 Å². The van der Waals surface area contributed by atoms with Crippen LogP contribution in [0.3, 0.4) is 0 Å². The topological polar surface area (TPSA) is 80.5 Å². The summed E-state index contributed by atoms with van der Waals surface area (Å²) in [5, 5.41) is 13.7. The molecule has 1 aliphatic heterocycles. The fourth-order valence-corrected chi connectivity index (χ4v) is 2.04. The molecule has 104 valence electrons. The van der Waals surface area contributed by atoms with Crippen LogP contribution in [0.2, 0.25) is 0 Å². The lowest BCUT2D eigenvalue weighted by molar-refractivity contribution is -0.384. The Morgan fingerprint density at radius 3 is 3.26 bits per heavy atom. The fraction of sp³-hybridized carbons (Fsp3) is 0.583. The van der Waals surface area contributed by atoms with Crippen LogP contribution in [-0.2, 0) is 4.74 Å². The lowest BCUT2D eigenvalue weighted by atomic mass is 10.2. The lowest BCUT2D eigenvalue weighted by Crippen LogP contribution is -2.45. The summed E-state index contributed by atoms with van der Waals surface area (Å²) in [7, 11) is 0. The zero-order valence-corrected chi connectivity index (χ0v) is 10.9. The first-order chi connectivity index (χ1) is 9.19. The van der Waals surface area contributed by atoms with E-state index >= 15 is 0 Å². The maximum absolute atomic E-state index is 10.7. The van der Waals surface area contributed by atoms with Crippen molar-refractivity contribution in [3.8, 4) is 0 Å². The van der Waals surface area contributed by atoms with Gasteiger partial charge in [-0.1, -0.05) is 6.92 Å². The van der Waals surface area contributed by atoms with Gasteiger partial charge in [-0.05, 0) is 6.54 Å². The van der Waals surface area contributed by atoms with Crippen molar-refractivity contribution in [1.29, 1.82) is 0 Å². The number of nitrogens with one attached hydrogen (secondary N) is 1. The molecule has 2 rings (SSSR count). The zero-order valence-electron chi connectivity index (χ0n) is 10.9. The first-order valence-electron chi connectivity index (χ1n) is 6.37. The van der Waals surface area contributed by atoms with Gasteiger partial charge in [-0.25, -0.2) is 4.98 Å². The van der Waals surface area contributed by atoms with Crippen LogP contribution in [0.4, 0.5) is 11.5 Å². The number of hydrogen-bond donors (Lipinski definition) is 1. The molecule has 1 N–H and O–H groups in total. The highest BCUT2D eigenvalue weighted by molar-refractivity contribution is 5.44. The highest BCUT2D eigenvalue weighted by atomic mass is 16.6. The summed E-state index contributed by atoms with van der Waals surface area (Å²) in [5.74, 6) is 0.506. The Morgan fingerprint density at radius 2 is 2.53 bits per heavy atom. The van der Waals surface area contributed by atoms with Gasteiger partial charge >= 0.3 is 0 Å². The van der Waals surface area contributed by atoms with Gasteiger partial charge in [-0.2, -0.15) is 0 Å². The number of likely N-dealkylation sites (N-methyl/N-ethyl adjacent to an activating group) is 1. The minimum atomic E-state index is -0.428. The Labute approximate surface area is 111 Å². The Hall–Kier alpha value is -1.73. The summed E-state index contributed by atoms with van der Waals surface area (Å²) in [5.41, 5.74) is 0.0391. The van der Waals surface area contributed by atoms with E-state index in [0.717, 1.165) is 26.2 Å². The van der Waals surface area contributed by atoms with Gasteiger partial charge in [0.1, 0.15) is 5.82 Å². The Morgan fingerprint density at radius 1 is 1.68 bits per heavy atom. The minimum absolute atomic E-state index is 0.0391. The van der Waals surface area contributed by atoms with E-state index in [1.54, 1.807) is 0 Å². The molecule has 1 fully saturated rings. The van der Waals surface area contributed by atoms with Gasteiger partial charge in [-0.3, -0.25) is 15.0 Å². The lowest BCUT2D eigenvalue weighted by Gasteiger charge is -2.32. The highest BCUT2D eigenvalue weighted by Crippen LogP contribution is 2.14. The van der Waals surface area contributed by atoms with Gasteiger partial charge < -0.3 is 10.1 Å². The van der Waals surface area contributed by atoms with Crippen molar-refractivity contribution in [2.75, 3.05) is 38.1 Å². The van der Waals surface area contributed by atoms with Crippen LogP contribution in [0.1, 0.15) is 6.92 Å². The average molecular weight is 266 g/mol. The number of aromatic nitrogens is 1. The third-order valence-corrected chi connectivity index (χ3v) is 3.14. The molecule has 0 aromatic carbocycles. The van der Waals surface area contributed by atoms with E-state index in [1.807, 2.05) is 0 Å². The summed E-state index contributed by atoms with van der Waals surface area (Å²) >= 11 is 0. The number of nitro groups is 1. The van der Waals surface area contributed by atoms with Crippen LogP contribution >= 0.6 is 0 Å². The van der Waals surface area contributed by atoms with Crippen LogP contribution in [0.15, 0.2) is 18.3 Å². The van der Waals surface area contributed by atoms with E-state index in [-0.39, 0.29) is 11.8 Å². The van der Waals surface area contributed by atoms with Crippen molar-refractivity contribution < 1.29 is 9.66 Å². The summed E-state index contributed by atoms with van der Waals surface area (Å²) in [4.78, 5) is 16.6. The summed E-state index contributed by atoms with van der Waals surface area (Å²) < 4.78 is 5.64. The van der Waals surface area contributed by atoms with Gasteiger partial charge in [0, 0.05) is 31.9 Å². The third kappa shape index (κ3) is 3.87. The van der Waals surface area contributed by atoms with E-state index in [0.29, 0.717) is 12.4 Å². The monoisotopic (exact) mass is 266 g/mol. The second-order valence-corrected chi connectivity index (χ2v) is 4.42. The number of anilines is 1. The van der Waals surface area contributed by atoms with Crippen LogP contribution < -0.4 is 5.32 Å². The molecule has 1 aliphatic rings. The smallest absolute Gasteiger partial charge is 0.274 e. The molecular weight excluding hydrogens is 248 g/mol. The molecule has 0 spiro atoms. The minimum Gasteiger partial charge on any atom is -0.374 e. The Kier molecular flexibility index (Phi) is 4.64. The number of morpholine rings is 1. The van der Waals surface area contributed by atoms with Crippen molar-refractivity contribution in [3.63, 3.8) is 0 Å². The molecule has 7 heteroatoms. The maximum atomic E-state index is 10.7. The van der Waals surface area contributed by atoms with Crippen LogP contribution in [0.25, 0.3) is 0 Å². The zero-order chi connectivity index (χ0) is 13.7.